The van der Waals surface area contributed by atoms with E-state index in [4.69, 9.17) is 4.74 Å². The number of benzene rings is 1. The van der Waals surface area contributed by atoms with Gasteiger partial charge in [0, 0.05) is 32.0 Å². The van der Waals surface area contributed by atoms with Crippen molar-refractivity contribution >= 4 is 8.07 Å². The molecule has 0 aliphatic heterocycles. The average Bonchev–Trinajstić information content (AvgIpc) is 2.91. The van der Waals surface area contributed by atoms with Crippen molar-refractivity contribution in [2.45, 2.75) is 39.3 Å². The zero-order valence-corrected chi connectivity index (χ0v) is 14.8. The van der Waals surface area contributed by atoms with Gasteiger partial charge in [0.05, 0.1) is 17.8 Å². The predicted octanol–water partition coefficient (Wildman–Crippen LogP) is 4.04. The van der Waals surface area contributed by atoms with E-state index in [0.29, 0.717) is 12.3 Å². The lowest BCUT2D eigenvalue weighted by Gasteiger charge is -2.15. The van der Waals surface area contributed by atoms with Crippen LogP contribution < -0.4 is 0 Å². The third kappa shape index (κ3) is 4.55. The SMILES string of the molecule is Cc1ccc(C#N)c(-c2cnn(COCC[Si](C)(C)C)c2)c1. The summed E-state index contributed by atoms with van der Waals surface area (Å²) in [6.07, 6.45) is 3.72. The number of nitrogens with zero attached hydrogens (tertiary/aromatic N) is 3. The molecule has 1 aromatic carbocycles. The van der Waals surface area contributed by atoms with Crippen molar-refractivity contribution in [1.29, 1.82) is 5.26 Å². The largest absolute Gasteiger partial charge is 0.360 e. The van der Waals surface area contributed by atoms with Crippen LogP contribution in [0.5, 0.6) is 0 Å². The van der Waals surface area contributed by atoms with Crippen molar-refractivity contribution in [1.82, 2.24) is 9.78 Å². The van der Waals surface area contributed by atoms with Gasteiger partial charge in [-0.2, -0.15) is 10.4 Å². The maximum absolute atomic E-state index is 9.23. The van der Waals surface area contributed by atoms with E-state index in [2.05, 4.69) is 30.8 Å². The molecule has 22 heavy (non-hydrogen) atoms. The van der Waals surface area contributed by atoms with Crippen molar-refractivity contribution in [3.05, 3.63) is 41.7 Å². The van der Waals surface area contributed by atoms with E-state index in [9.17, 15) is 5.26 Å². The topological polar surface area (TPSA) is 50.8 Å². The molecule has 5 heteroatoms. The Morgan fingerprint density at radius 2 is 2.09 bits per heavy atom. The molecule has 4 nitrogen and oxygen atoms in total. The number of hydrogen-bond acceptors (Lipinski definition) is 3. The van der Waals surface area contributed by atoms with Crippen LogP contribution in [0.3, 0.4) is 0 Å². The highest BCUT2D eigenvalue weighted by Crippen LogP contribution is 2.24. The monoisotopic (exact) mass is 313 g/mol. The van der Waals surface area contributed by atoms with E-state index in [0.717, 1.165) is 29.3 Å². The highest BCUT2D eigenvalue weighted by atomic mass is 28.3. The van der Waals surface area contributed by atoms with Crippen LogP contribution in [0.2, 0.25) is 25.7 Å². The maximum Gasteiger partial charge on any atom is 0.139 e. The second-order valence-electron chi connectivity index (χ2n) is 6.78. The molecule has 0 amide bonds. The molecule has 0 N–H and O–H groups in total. The Morgan fingerprint density at radius 1 is 1.32 bits per heavy atom. The summed E-state index contributed by atoms with van der Waals surface area (Å²) in [5.41, 5.74) is 3.68. The first kappa shape index (κ1) is 16.5. The Bertz CT molecular complexity index is 680. The van der Waals surface area contributed by atoms with Crippen molar-refractivity contribution in [3.63, 3.8) is 0 Å². The minimum atomic E-state index is -1.05. The first-order valence-electron chi connectivity index (χ1n) is 7.50. The second kappa shape index (κ2) is 6.90. The molecule has 0 bridgehead atoms. The van der Waals surface area contributed by atoms with E-state index in [1.54, 1.807) is 10.9 Å². The Hall–Kier alpha value is -1.90. The summed E-state index contributed by atoms with van der Waals surface area (Å²) in [5, 5.41) is 13.6. The predicted molar refractivity (Wildman–Crippen MR) is 91.2 cm³/mol. The van der Waals surface area contributed by atoms with Crippen LogP contribution in [0.4, 0.5) is 0 Å². The van der Waals surface area contributed by atoms with Crippen molar-refractivity contribution in [2.24, 2.45) is 0 Å². The van der Waals surface area contributed by atoms with Crippen LogP contribution in [-0.4, -0.2) is 24.5 Å². The molecule has 0 radical (unpaired) electrons. The molecule has 116 valence electrons. The van der Waals surface area contributed by atoms with Crippen LogP contribution >= 0.6 is 0 Å². The lowest BCUT2D eigenvalue weighted by molar-refractivity contribution is 0.0786. The minimum Gasteiger partial charge on any atom is -0.360 e. The first-order chi connectivity index (χ1) is 10.4. The summed E-state index contributed by atoms with van der Waals surface area (Å²) in [7, 11) is -1.05. The summed E-state index contributed by atoms with van der Waals surface area (Å²) in [6.45, 7) is 10.3. The highest BCUT2D eigenvalue weighted by molar-refractivity contribution is 6.76. The van der Waals surface area contributed by atoms with Gasteiger partial charge in [-0.15, -0.1) is 0 Å². The Morgan fingerprint density at radius 3 is 2.77 bits per heavy atom. The molecule has 0 saturated heterocycles. The molecule has 1 aromatic heterocycles. The molecule has 0 saturated carbocycles. The molecule has 0 aliphatic carbocycles. The van der Waals surface area contributed by atoms with Crippen LogP contribution in [0.15, 0.2) is 30.6 Å². The second-order valence-corrected chi connectivity index (χ2v) is 12.4. The lowest BCUT2D eigenvalue weighted by Crippen LogP contribution is -2.22. The molecular weight excluding hydrogens is 290 g/mol. The number of ether oxygens (including phenoxy) is 1. The van der Waals surface area contributed by atoms with Gasteiger partial charge in [-0.3, -0.25) is 0 Å². The fraction of sp³-hybridized carbons (Fsp3) is 0.412. The summed E-state index contributed by atoms with van der Waals surface area (Å²) >= 11 is 0. The van der Waals surface area contributed by atoms with Gasteiger partial charge in [0.25, 0.3) is 0 Å². The van der Waals surface area contributed by atoms with Crippen LogP contribution in [0.1, 0.15) is 11.1 Å². The number of hydrogen-bond donors (Lipinski definition) is 0. The minimum absolute atomic E-state index is 0.457. The van der Waals surface area contributed by atoms with Gasteiger partial charge in [-0.25, -0.2) is 4.68 Å². The van der Waals surface area contributed by atoms with Crippen LogP contribution in [0.25, 0.3) is 11.1 Å². The first-order valence-corrected chi connectivity index (χ1v) is 11.2. The van der Waals surface area contributed by atoms with Gasteiger partial charge < -0.3 is 4.74 Å². The van der Waals surface area contributed by atoms with Gasteiger partial charge in [0.2, 0.25) is 0 Å². The molecule has 0 aliphatic rings. The third-order valence-electron chi connectivity index (χ3n) is 3.46. The van der Waals surface area contributed by atoms with E-state index in [-0.39, 0.29) is 0 Å². The Kier molecular flexibility index (Phi) is 5.17. The van der Waals surface area contributed by atoms with E-state index >= 15 is 0 Å². The molecular formula is C17H23N3OSi. The maximum atomic E-state index is 9.23. The average molecular weight is 313 g/mol. The number of aromatic nitrogens is 2. The van der Waals surface area contributed by atoms with Crippen molar-refractivity contribution < 1.29 is 4.74 Å². The van der Waals surface area contributed by atoms with E-state index < -0.39 is 8.07 Å². The smallest absolute Gasteiger partial charge is 0.139 e. The zero-order valence-electron chi connectivity index (χ0n) is 13.8. The third-order valence-corrected chi connectivity index (χ3v) is 5.16. The number of rotatable bonds is 6. The van der Waals surface area contributed by atoms with E-state index in [1.807, 2.05) is 31.3 Å². The van der Waals surface area contributed by atoms with Crippen molar-refractivity contribution in [2.75, 3.05) is 6.61 Å². The fourth-order valence-electron chi connectivity index (χ4n) is 2.10. The summed E-state index contributed by atoms with van der Waals surface area (Å²) in [5.74, 6) is 0. The summed E-state index contributed by atoms with van der Waals surface area (Å²) in [6, 6.07) is 9.21. The van der Waals surface area contributed by atoms with Gasteiger partial charge in [-0.1, -0.05) is 31.3 Å². The molecule has 0 fully saturated rings. The quantitative estimate of drug-likeness (QED) is 0.597. The van der Waals surface area contributed by atoms with Crippen LogP contribution in [0, 0.1) is 18.3 Å². The molecule has 2 rings (SSSR count). The molecule has 2 aromatic rings. The molecule has 0 unspecified atom stereocenters. The van der Waals surface area contributed by atoms with E-state index in [1.165, 1.54) is 0 Å². The van der Waals surface area contributed by atoms with Gasteiger partial charge >= 0.3 is 0 Å². The number of aryl methyl sites for hydroxylation is 1. The van der Waals surface area contributed by atoms with Crippen molar-refractivity contribution in [3.8, 4) is 17.2 Å². The molecule has 0 atom stereocenters. The van der Waals surface area contributed by atoms with Gasteiger partial charge in [0.15, 0.2) is 0 Å². The lowest BCUT2D eigenvalue weighted by atomic mass is 10.0. The molecule has 0 spiro atoms. The van der Waals surface area contributed by atoms with Gasteiger partial charge in [0.1, 0.15) is 6.73 Å². The highest BCUT2D eigenvalue weighted by Gasteiger charge is 2.12. The van der Waals surface area contributed by atoms with Gasteiger partial charge in [-0.05, 0) is 25.1 Å². The Balaban J connectivity index is 2.03. The molecule has 1 heterocycles. The standard InChI is InChI=1S/C17H23N3OSi/c1-14-5-6-15(10-18)17(9-14)16-11-19-20(12-16)13-21-7-8-22(2,3)4/h5-6,9,11-12H,7-8,13H2,1-4H3. The van der Waals surface area contributed by atoms with Crippen LogP contribution in [-0.2, 0) is 11.5 Å². The Labute approximate surface area is 133 Å². The summed E-state index contributed by atoms with van der Waals surface area (Å²) < 4.78 is 7.48. The summed E-state index contributed by atoms with van der Waals surface area (Å²) in [4.78, 5) is 0. The number of nitriles is 1. The normalized spacial score (nSPS) is 11.4. The fourth-order valence-corrected chi connectivity index (χ4v) is 2.86. The zero-order chi connectivity index (χ0) is 16.2.